The van der Waals surface area contributed by atoms with Crippen LogP contribution in [0.4, 0.5) is 0 Å². The number of ether oxygens (including phenoxy) is 1. The molecule has 2 N–H and O–H groups in total. The molecular formula is C8H16ClNO3. The van der Waals surface area contributed by atoms with E-state index >= 15 is 0 Å². The minimum Gasteiger partial charge on any atom is -0.467 e. The van der Waals surface area contributed by atoms with E-state index in [1.807, 2.05) is 0 Å². The molecule has 78 valence electrons. The molecule has 1 rings (SSSR count). The summed E-state index contributed by atoms with van der Waals surface area (Å²) in [4.78, 5) is 10.9. The van der Waals surface area contributed by atoms with Gasteiger partial charge in [0.1, 0.15) is 0 Å². The smallest absolute Gasteiger partial charge is 0.334 e. The van der Waals surface area contributed by atoms with E-state index in [9.17, 15) is 9.90 Å². The number of hydrogen-bond donors (Lipinski definition) is 2. The Morgan fingerprint density at radius 1 is 1.54 bits per heavy atom. The summed E-state index contributed by atoms with van der Waals surface area (Å²) in [6.45, 7) is 1.75. The minimum atomic E-state index is -0.933. The Labute approximate surface area is 84.1 Å². The first-order chi connectivity index (χ1) is 5.75. The molecule has 0 aliphatic carbocycles. The van der Waals surface area contributed by atoms with E-state index in [4.69, 9.17) is 0 Å². The van der Waals surface area contributed by atoms with E-state index in [-0.39, 0.29) is 18.3 Å². The van der Waals surface area contributed by atoms with Crippen molar-refractivity contribution >= 4 is 18.4 Å². The molecule has 1 unspecified atom stereocenters. The van der Waals surface area contributed by atoms with E-state index in [1.54, 1.807) is 0 Å². The molecule has 5 heteroatoms. The fourth-order valence-corrected chi connectivity index (χ4v) is 1.47. The predicted molar refractivity (Wildman–Crippen MR) is 50.9 cm³/mol. The number of esters is 1. The third-order valence-electron chi connectivity index (χ3n) is 2.27. The maximum Gasteiger partial charge on any atom is 0.334 e. The average Bonchev–Trinajstić information content (AvgIpc) is 2.17. The van der Waals surface area contributed by atoms with E-state index in [0.717, 1.165) is 25.9 Å². The summed E-state index contributed by atoms with van der Waals surface area (Å²) >= 11 is 0. The quantitative estimate of drug-likeness (QED) is 0.626. The van der Waals surface area contributed by atoms with Gasteiger partial charge in [0, 0.05) is 0 Å². The number of aliphatic hydroxyl groups excluding tert-OH is 1. The molecular weight excluding hydrogens is 194 g/mol. The van der Waals surface area contributed by atoms with Gasteiger partial charge in [0.05, 0.1) is 7.11 Å². The highest BCUT2D eigenvalue weighted by atomic mass is 35.5. The zero-order valence-corrected chi connectivity index (χ0v) is 8.47. The van der Waals surface area contributed by atoms with Crippen molar-refractivity contribution in [3.8, 4) is 0 Å². The Kier molecular flexibility index (Phi) is 6.03. The van der Waals surface area contributed by atoms with Gasteiger partial charge in [-0.2, -0.15) is 0 Å². The second-order valence-electron chi connectivity index (χ2n) is 3.06. The molecule has 0 spiro atoms. The maximum atomic E-state index is 10.9. The summed E-state index contributed by atoms with van der Waals surface area (Å²) in [6.07, 6.45) is 0.754. The SMILES string of the molecule is COC(=O)C(O)C1CCNCC1.Cl. The number of carbonyl (C=O) groups is 1. The van der Waals surface area contributed by atoms with Crippen LogP contribution in [0, 0.1) is 5.92 Å². The van der Waals surface area contributed by atoms with Gasteiger partial charge in [0.15, 0.2) is 6.10 Å². The van der Waals surface area contributed by atoms with Crippen molar-refractivity contribution < 1.29 is 14.6 Å². The Morgan fingerprint density at radius 2 is 2.08 bits per heavy atom. The summed E-state index contributed by atoms with van der Waals surface area (Å²) in [5.41, 5.74) is 0. The maximum absolute atomic E-state index is 10.9. The average molecular weight is 210 g/mol. The Bertz CT molecular complexity index is 159. The first-order valence-electron chi connectivity index (χ1n) is 4.22. The van der Waals surface area contributed by atoms with E-state index in [0.29, 0.717) is 0 Å². The number of nitrogens with one attached hydrogen (secondary N) is 1. The minimum absolute atomic E-state index is 0. The first-order valence-corrected chi connectivity index (χ1v) is 4.22. The van der Waals surface area contributed by atoms with Gasteiger partial charge in [-0.15, -0.1) is 12.4 Å². The van der Waals surface area contributed by atoms with Crippen molar-refractivity contribution in [2.45, 2.75) is 18.9 Å². The highest BCUT2D eigenvalue weighted by Crippen LogP contribution is 2.16. The molecule has 1 saturated heterocycles. The third kappa shape index (κ3) is 3.50. The normalized spacial score (nSPS) is 20.2. The lowest BCUT2D eigenvalue weighted by atomic mass is 9.92. The number of aliphatic hydroxyl groups is 1. The number of rotatable bonds is 2. The molecule has 0 bridgehead atoms. The van der Waals surface area contributed by atoms with Crippen molar-refractivity contribution in [2.75, 3.05) is 20.2 Å². The van der Waals surface area contributed by atoms with Crippen LogP contribution in [0.25, 0.3) is 0 Å². The van der Waals surface area contributed by atoms with Crippen LogP contribution >= 0.6 is 12.4 Å². The van der Waals surface area contributed by atoms with Gasteiger partial charge in [-0.05, 0) is 31.8 Å². The lowest BCUT2D eigenvalue weighted by Crippen LogP contribution is -2.38. The monoisotopic (exact) mass is 209 g/mol. The van der Waals surface area contributed by atoms with E-state index in [2.05, 4.69) is 10.1 Å². The van der Waals surface area contributed by atoms with E-state index in [1.165, 1.54) is 7.11 Å². The Morgan fingerprint density at radius 3 is 2.54 bits per heavy atom. The second-order valence-corrected chi connectivity index (χ2v) is 3.06. The van der Waals surface area contributed by atoms with Crippen LogP contribution in [-0.2, 0) is 9.53 Å². The number of hydrogen-bond acceptors (Lipinski definition) is 4. The standard InChI is InChI=1S/C8H15NO3.ClH/c1-12-8(11)7(10)6-2-4-9-5-3-6;/h6-7,9-10H,2-5H2,1H3;1H. The van der Waals surface area contributed by atoms with Crippen molar-refractivity contribution in [1.82, 2.24) is 5.32 Å². The summed E-state index contributed by atoms with van der Waals surface area (Å²) in [5.74, 6) is -0.444. The zero-order valence-electron chi connectivity index (χ0n) is 7.66. The van der Waals surface area contributed by atoms with E-state index < -0.39 is 12.1 Å². The fraction of sp³-hybridized carbons (Fsp3) is 0.875. The molecule has 1 heterocycles. The number of halogens is 1. The van der Waals surface area contributed by atoms with Crippen molar-refractivity contribution in [3.63, 3.8) is 0 Å². The summed E-state index contributed by atoms with van der Waals surface area (Å²) in [7, 11) is 1.30. The summed E-state index contributed by atoms with van der Waals surface area (Å²) in [5, 5.41) is 12.6. The number of piperidine rings is 1. The molecule has 1 aliphatic rings. The van der Waals surface area contributed by atoms with Crippen LogP contribution in [0.5, 0.6) is 0 Å². The van der Waals surface area contributed by atoms with Gasteiger partial charge in [0.2, 0.25) is 0 Å². The molecule has 1 aliphatic heterocycles. The van der Waals surface area contributed by atoms with Gasteiger partial charge in [-0.1, -0.05) is 0 Å². The van der Waals surface area contributed by atoms with Crippen LogP contribution in [0.3, 0.4) is 0 Å². The molecule has 4 nitrogen and oxygen atoms in total. The number of methoxy groups -OCH3 is 1. The van der Waals surface area contributed by atoms with Gasteiger partial charge >= 0.3 is 5.97 Å². The molecule has 1 fully saturated rings. The Hall–Kier alpha value is -0.320. The summed E-state index contributed by atoms with van der Waals surface area (Å²) < 4.78 is 4.46. The molecule has 0 aromatic heterocycles. The molecule has 13 heavy (non-hydrogen) atoms. The summed E-state index contributed by atoms with van der Waals surface area (Å²) in [6, 6.07) is 0. The lowest BCUT2D eigenvalue weighted by Gasteiger charge is -2.25. The van der Waals surface area contributed by atoms with Gasteiger partial charge < -0.3 is 15.2 Å². The van der Waals surface area contributed by atoms with Crippen LogP contribution in [0.2, 0.25) is 0 Å². The van der Waals surface area contributed by atoms with Crippen LogP contribution in [0.1, 0.15) is 12.8 Å². The van der Waals surface area contributed by atoms with Gasteiger partial charge in [0.25, 0.3) is 0 Å². The topological polar surface area (TPSA) is 58.6 Å². The van der Waals surface area contributed by atoms with Gasteiger partial charge in [-0.25, -0.2) is 4.79 Å². The molecule has 0 aromatic carbocycles. The second kappa shape index (κ2) is 6.18. The zero-order chi connectivity index (χ0) is 8.97. The molecule has 0 saturated carbocycles. The molecule has 0 amide bonds. The molecule has 0 aromatic rings. The lowest BCUT2D eigenvalue weighted by molar-refractivity contribution is -0.153. The largest absolute Gasteiger partial charge is 0.467 e. The molecule has 1 atom stereocenters. The highest BCUT2D eigenvalue weighted by Gasteiger charge is 2.27. The third-order valence-corrected chi connectivity index (χ3v) is 2.27. The van der Waals surface area contributed by atoms with Crippen LogP contribution in [-0.4, -0.2) is 37.4 Å². The Balaban J connectivity index is 0.00000144. The van der Waals surface area contributed by atoms with Crippen LogP contribution < -0.4 is 5.32 Å². The predicted octanol–water partition coefficient (Wildman–Crippen LogP) is -0.0583. The van der Waals surface area contributed by atoms with Gasteiger partial charge in [-0.3, -0.25) is 0 Å². The van der Waals surface area contributed by atoms with Crippen LogP contribution in [0.15, 0.2) is 0 Å². The highest BCUT2D eigenvalue weighted by molar-refractivity contribution is 5.85. The van der Waals surface area contributed by atoms with Crippen molar-refractivity contribution in [1.29, 1.82) is 0 Å². The number of carbonyl (C=O) groups excluding carboxylic acids is 1. The first kappa shape index (κ1) is 12.7. The molecule has 0 radical (unpaired) electrons. The van der Waals surface area contributed by atoms with Crippen molar-refractivity contribution in [3.05, 3.63) is 0 Å². The fourth-order valence-electron chi connectivity index (χ4n) is 1.47. The van der Waals surface area contributed by atoms with Crippen molar-refractivity contribution in [2.24, 2.45) is 5.92 Å².